The third-order valence-corrected chi connectivity index (χ3v) is 4.68. The summed E-state index contributed by atoms with van der Waals surface area (Å²) in [7, 11) is 0. The van der Waals surface area contributed by atoms with Crippen molar-refractivity contribution in [2.75, 3.05) is 18.0 Å². The van der Waals surface area contributed by atoms with Crippen molar-refractivity contribution in [1.29, 1.82) is 0 Å². The van der Waals surface area contributed by atoms with Crippen molar-refractivity contribution in [3.8, 4) is 0 Å². The lowest BCUT2D eigenvalue weighted by molar-refractivity contribution is 0.199. The molecule has 1 heterocycles. The second-order valence-electron chi connectivity index (χ2n) is 5.65. The van der Waals surface area contributed by atoms with Crippen molar-refractivity contribution in [3.63, 3.8) is 0 Å². The average molecular weight is 247 g/mol. The van der Waals surface area contributed by atoms with Gasteiger partial charge in [-0.3, -0.25) is 0 Å². The Morgan fingerprint density at radius 3 is 2.28 bits per heavy atom. The van der Waals surface area contributed by atoms with E-state index < -0.39 is 0 Å². The van der Waals surface area contributed by atoms with Crippen LogP contribution in [0.5, 0.6) is 0 Å². The van der Waals surface area contributed by atoms with Crippen molar-refractivity contribution in [2.45, 2.75) is 46.1 Å². The number of nitrogens with zero attached hydrogens (tertiary/aromatic N) is 1. The fraction of sp³-hybridized carbons (Fsp3) is 0.625. The Morgan fingerprint density at radius 2 is 1.83 bits per heavy atom. The van der Waals surface area contributed by atoms with Gasteiger partial charge in [0, 0.05) is 18.8 Å². The second kappa shape index (κ2) is 5.31. The van der Waals surface area contributed by atoms with Crippen LogP contribution in [0.25, 0.3) is 0 Å². The molecule has 0 spiro atoms. The van der Waals surface area contributed by atoms with Gasteiger partial charge in [-0.05, 0) is 49.3 Å². The highest BCUT2D eigenvalue weighted by molar-refractivity contribution is 5.49. The molecule has 2 nitrogen and oxygen atoms in total. The summed E-state index contributed by atoms with van der Waals surface area (Å²) in [6.45, 7) is 8.76. The maximum atomic E-state index is 9.53. The predicted molar refractivity (Wildman–Crippen MR) is 76.9 cm³/mol. The van der Waals surface area contributed by atoms with Gasteiger partial charge in [0.15, 0.2) is 0 Å². The highest BCUT2D eigenvalue weighted by atomic mass is 16.3. The maximum absolute atomic E-state index is 9.53. The number of anilines is 1. The number of hydrogen-bond donors (Lipinski definition) is 1. The maximum Gasteiger partial charge on any atom is 0.0761 e. The second-order valence-corrected chi connectivity index (χ2v) is 5.65. The summed E-state index contributed by atoms with van der Waals surface area (Å²) in [6.07, 6.45) is 3.47. The Kier molecular flexibility index (Phi) is 3.96. The molecule has 2 rings (SSSR count). The third-order valence-electron chi connectivity index (χ3n) is 4.68. The molecule has 1 N–H and O–H groups in total. The first-order valence-electron chi connectivity index (χ1n) is 7.13. The molecular formula is C16H25NO. The highest BCUT2D eigenvalue weighted by Gasteiger charge is 2.34. The zero-order chi connectivity index (χ0) is 13.2. The van der Waals surface area contributed by atoms with Crippen LogP contribution in [-0.2, 0) is 0 Å². The zero-order valence-corrected chi connectivity index (χ0v) is 11.8. The monoisotopic (exact) mass is 247 g/mol. The Labute approximate surface area is 111 Å². The Balaban J connectivity index is 2.09. The number of rotatable bonds is 4. The fourth-order valence-corrected chi connectivity index (χ4v) is 2.95. The number of hydrogen-bond acceptors (Lipinski definition) is 2. The normalized spacial score (nSPS) is 20.1. The Morgan fingerprint density at radius 1 is 1.22 bits per heavy atom. The smallest absolute Gasteiger partial charge is 0.0761 e. The molecule has 1 saturated heterocycles. The highest BCUT2D eigenvalue weighted by Crippen LogP contribution is 2.39. The van der Waals surface area contributed by atoms with Crippen LogP contribution in [-0.4, -0.2) is 18.2 Å². The lowest BCUT2D eigenvalue weighted by Gasteiger charge is -2.27. The standard InChI is InChI=1S/C16H25NO/c1-4-16(5-2)10-11-17(12-16)15-8-6-14(7-9-15)13(3)18/h6-9,13,18H,4-5,10-12H2,1-3H3/t13-/m0/s1. The van der Waals surface area contributed by atoms with Gasteiger partial charge in [-0.25, -0.2) is 0 Å². The lowest BCUT2D eigenvalue weighted by atomic mass is 9.82. The van der Waals surface area contributed by atoms with E-state index in [4.69, 9.17) is 0 Å². The zero-order valence-electron chi connectivity index (χ0n) is 11.8. The molecule has 1 aromatic carbocycles. The Bertz CT molecular complexity index is 379. The minimum Gasteiger partial charge on any atom is -0.389 e. The van der Waals surface area contributed by atoms with Gasteiger partial charge >= 0.3 is 0 Å². The van der Waals surface area contributed by atoms with Crippen molar-refractivity contribution in [1.82, 2.24) is 0 Å². The van der Waals surface area contributed by atoms with Gasteiger partial charge in [0.05, 0.1) is 6.10 Å². The number of aliphatic hydroxyl groups is 1. The van der Waals surface area contributed by atoms with E-state index in [9.17, 15) is 5.11 Å². The van der Waals surface area contributed by atoms with Crippen molar-refractivity contribution in [3.05, 3.63) is 29.8 Å². The van der Waals surface area contributed by atoms with E-state index in [1.54, 1.807) is 0 Å². The SMILES string of the molecule is CCC1(CC)CCN(c2ccc([C@H](C)O)cc2)C1. The first-order chi connectivity index (χ1) is 8.60. The Hall–Kier alpha value is -1.02. The molecule has 2 heteroatoms. The predicted octanol–water partition coefficient (Wildman–Crippen LogP) is 3.76. The van der Waals surface area contributed by atoms with Crippen LogP contribution in [0, 0.1) is 5.41 Å². The van der Waals surface area contributed by atoms with Crippen molar-refractivity contribution in [2.24, 2.45) is 5.41 Å². The van der Waals surface area contributed by atoms with Crippen LogP contribution in [0.15, 0.2) is 24.3 Å². The van der Waals surface area contributed by atoms with E-state index >= 15 is 0 Å². The van der Waals surface area contributed by atoms with E-state index in [0.29, 0.717) is 5.41 Å². The quantitative estimate of drug-likeness (QED) is 0.875. The number of aliphatic hydroxyl groups excluding tert-OH is 1. The molecule has 0 unspecified atom stereocenters. The number of benzene rings is 1. The first-order valence-corrected chi connectivity index (χ1v) is 7.13. The molecule has 0 amide bonds. The summed E-state index contributed by atoms with van der Waals surface area (Å²) >= 11 is 0. The van der Waals surface area contributed by atoms with E-state index in [2.05, 4.69) is 30.9 Å². The molecule has 0 radical (unpaired) electrons. The van der Waals surface area contributed by atoms with E-state index in [0.717, 1.165) is 12.1 Å². The third kappa shape index (κ3) is 2.54. The molecule has 0 bridgehead atoms. The van der Waals surface area contributed by atoms with Crippen LogP contribution >= 0.6 is 0 Å². The minimum absolute atomic E-state index is 0.372. The summed E-state index contributed by atoms with van der Waals surface area (Å²) in [6, 6.07) is 8.36. The largest absolute Gasteiger partial charge is 0.389 e. The van der Waals surface area contributed by atoms with Crippen LogP contribution in [0.2, 0.25) is 0 Å². The van der Waals surface area contributed by atoms with Gasteiger partial charge < -0.3 is 10.0 Å². The molecule has 0 aromatic heterocycles. The summed E-state index contributed by atoms with van der Waals surface area (Å²) < 4.78 is 0. The van der Waals surface area contributed by atoms with E-state index in [1.807, 2.05) is 19.1 Å². The average Bonchev–Trinajstić information content (AvgIpc) is 2.84. The van der Waals surface area contributed by atoms with Crippen LogP contribution < -0.4 is 4.90 Å². The summed E-state index contributed by atoms with van der Waals surface area (Å²) in [5.74, 6) is 0. The summed E-state index contributed by atoms with van der Waals surface area (Å²) in [4.78, 5) is 2.48. The fourth-order valence-electron chi connectivity index (χ4n) is 2.95. The summed E-state index contributed by atoms with van der Waals surface area (Å²) in [5, 5.41) is 9.53. The first kappa shape index (κ1) is 13.4. The molecule has 1 aromatic rings. The molecule has 1 aliphatic heterocycles. The minimum atomic E-state index is -0.372. The van der Waals surface area contributed by atoms with Gasteiger partial charge in [0.1, 0.15) is 0 Å². The van der Waals surface area contributed by atoms with Gasteiger partial charge in [-0.2, -0.15) is 0 Å². The van der Waals surface area contributed by atoms with Gasteiger partial charge in [0.2, 0.25) is 0 Å². The van der Waals surface area contributed by atoms with E-state index in [1.165, 1.54) is 31.5 Å². The molecule has 1 atom stereocenters. The van der Waals surface area contributed by atoms with Gasteiger partial charge in [0.25, 0.3) is 0 Å². The topological polar surface area (TPSA) is 23.5 Å². The lowest BCUT2D eigenvalue weighted by Crippen LogP contribution is -2.26. The molecule has 1 fully saturated rings. The summed E-state index contributed by atoms with van der Waals surface area (Å²) in [5.41, 5.74) is 2.81. The molecule has 1 aliphatic rings. The molecule has 100 valence electrons. The van der Waals surface area contributed by atoms with Crippen molar-refractivity contribution < 1.29 is 5.11 Å². The van der Waals surface area contributed by atoms with Crippen LogP contribution in [0.1, 0.15) is 51.7 Å². The van der Waals surface area contributed by atoms with Crippen LogP contribution in [0.4, 0.5) is 5.69 Å². The van der Waals surface area contributed by atoms with E-state index in [-0.39, 0.29) is 6.10 Å². The van der Waals surface area contributed by atoms with Crippen molar-refractivity contribution >= 4 is 5.69 Å². The van der Waals surface area contributed by atoms with Gasteiger partial charge in [-0.15, -0.1) is 0 Å². The molecule has 0 aliphatic carbocycles. The van der Waals surface area contributed by atoms with Crippen LogP contribution in [0.3, 0.4) is 0 Å². The molecule has 0 saturated carbocycles. The molecular weight excluding hydrogens is 222 g/mol. The van der Waals surface area contributed by atoms with Gasteiger partial charge in [-0.1, -0.05) is 26.0 Å². The molecule has 18 heavy (non-hydrogen) atoms.